The van der Waals surface area contributed by atoms with E-state index in [1.165, 1.54) is 0 Å². The predicted molar refractivity (Wildman–Crippen MR) is 104 cm³/mol. The summed E-state index contributed by atoms with van der Waals surface area (Å²) in [6.07, 6.45) is 1.36. The van der Waals surface area contributed by atoms with Crippen LogP contribution in [0.4, 0.5) is 4.79 Å². The molecule has 1 fully saturated rings. The van der Waals surface area contributed by atoms with Gasteiger partial charge < -0.3 is 9.64 Å². The molecular formula is C18H24Cl2N4O2. The maximum atomic E-state index is 12.5. The largest absolute Gasteiger partial charge is 0.444 e. The Labute approximate surface area is 164 Å². The predicted octanol–water partition coefficient (Wildman–Crippen LogP) is 6.03. The Bertz CT molecular complexity index is 699. The second kappa shape index (κ2) is 8.85. The monoisotopic (exact) mass is 398 g/mol. The van der Waals surface area contributed by atoms with Gasteiger partial charge in [-0.05, 0) is 68.7 Å². The zero-order valence-electron chi connectivity index (χ0n) is 15.3. The Morgan fingerprint density at radius 2 is 2.12 bits per heavy atom. The molecule has 0 aliphatic carbocycles. The van der Waals surface area contributed by atoms with Crippen molar-refractivity contribution in [2.45, 2.75) is 45.1 Å². The summed E-state index contributed by atoms with van der Waals surface area (Å²) in [5, 5.41) is 4.77. The number of carbonyl (C=O) groups excluding carboxylic acids is 1. The number of amides is 1. The lowest BCUT2D eigenvalue weighted by atomic mass is 9.83. The van der Waals surface area contributed by atoms with Crippen LogP contribution in [0.2, 0.25) is 10.0 Å². The molecule has 142 valence electrons. The molecule has 2 unspecified atom stereocenters. The van der Waals surface area contributed by atoms with Crippen molar-refractivity contribution in [1.29, 1.82) is 0 Å². The standard InChI is InChI=1S/C18H24Cl2N4O2/c1-18(2,3)26-17(25)24-8-4-5-14(13(11-24)10-22-23-21)12-6-7-15(19)16(20)9-12/h6-7,9,13-14H,4-5,8,10-11H2,1-3H3. The third-order valence-corrected chi connectivity index (χ3v) is 5.11. The molecule has 26 heavy (non-hydrogen) atoms. The van der Waals surface area contributed by atoms with Gasteiger partial charge in [0.15, 0.2) is 0 Å². The Hall–Kier alpha value is -1.62. The molecule has 1 aliphatic rings. The Kier molecular flexibility index (Phi) is 7.04. The van der Waals surface area contributed by atoms with Gasteiger partial charge in [-0.1, -0.05) is 34.4 Å². The molecule has 1 amide bonds. The van der Waals surface area contributed by atoms with Gasteiger partial charge in [-0.2, -0.15) is 0 Å². The minimum absolute atomic E-state index is 0.0156. The fraction of sp³-hybridized carbons (Fsp3) is 0.611. The summed E-state index contributed by atoms with van der Waals surface area (Å²) in [7, 11) is 0. The van der Waals surface area contributed by atoms with Gasteiger partial charge in [0.05, 0.1) is 10.0 Å². The second-order valence-electron chi connectivity index (χ2n) is 7.52. The third-order valence-electron chi connectivity index (χ3n) is 4.37. The molecule has 0 spiro atoms. The highest BCUT2D eigenvalue weighted by atomic mass is 35.5. The van der Waals surface area contributed by atoms with Gasteiger partial charge in [-0.25, -0.2) is 4.79 Å². The number of benzene rings is 1. The molecule has 0 aromatic heterocycles. The highest BCUT2D eigenvalue weighted by Gasteiger charge is 2.32. The van der Waals surface area contributed by atoms with Crippen molar-refractivity contribution in [1.82, 2.24) is 4.90 Å². The second-order valence-corrected chi connectivity index (χ2v) is 8.34. The van der Waals surface area contributed by atoms with Gasteiger partial charge in [-0.15, -0.1) is 0 Å². The summed E-state index contributed by atoms with van der Waals surface area (Å²) in [6.45, 7) is 6.93. The summed E-state index contributed by atoms with van der Waals surface area (Å²) in [5.74, 6) is 0.112. The van der Waals surface area contributed by atoms with Crippen LogP contribution in [0.25, 0.3) is 10.4 Å². The number of carbonyl (C=O) groups is 1. The summed E-state index contributed by atoms with van der Waals surface area (Å²) < 4.78 is 5.51. The van der Waals surface area contributed by atoms with E-state index in [9.17, 15) is 4.79 Å². The van der Waals surface area contributed by atoms with E-state index in [4.69, 9.17) is 33.5 Å². The smallest absolute Gasteiger partial charge is 0.410 e. The van der Waals surface area contributed by atoms with Gasteiger partial charge in [0, 0.05) is 24.5 Å². The first-order valence-electron chi connectivity index (χ1n) is 8.65. The topological polar surface area (TPSA) is 78.3 Å². The van der Waals surface area contributed by atoms with Crippen LogP contribution in [0.1, 0.15) is 45.1 Å². The van der Waals surface area contributed by atoms with Crippen LogP contribution >= 0.6 is 23.2 Å². The van der Waals surface area contributed by atoms with Crippen molar-refractivity contribution in [3.63, 3.8) is 0 Å². The third kappa shape index (κ3) is 5.70. The lowest BCUT2D eigenvalue weighted by Crippen LogP contribution is -2.40. The number of ether oxygens (including phenoxy) is 1. The molecule has 1 saturated heterocycles. The van der Waals surface area contributed by atoms with E-state index < -0.39 is 5.60 Å². The first kappa shape index (κ1) is 20.7. The Morgan fingerprint density at radius 3 is 2.73 bits per heavy atom. The molecule has 0 radical (unpaired) electrons. The van der Waals surface area contributed by atoms with Crippen molar-refractivity contribution in [2.75, 3.05) is 19.6 Å². The number of hydrogen-bond donors (Lipinski definition) is 0. The molecule has 8 heteroatoms. The van der Waals surface area contributed by atoms with E-state index >= 15 is 0 Å². The van der Waals surface area contributed by atoms with E-state index in [1.54, 1.807) is 11.0 Å². The van der Waals surface area contributed by atoms with Crippen LogP contribution in [0.15, 0.2) is 23.3 Å². The summed E-state index contributed by atoms with van der Waals surface area (Å²) >= 11 is 12.2. The van der Waals surface area contributed by atoms with Crippen molar-refractivity contribution in [3.8, 4) is 0 Å². The van der Waals surface area contributed by atoms with Gasteiger partial charge in [0.2, 0.25) is 0 Å². The van der Waals surface area contributed by atoms with E-state index in [0.29, 0.717) is 29.7 Å². The minimum Gasteiger partial charge on any atom is -0.444 e. The van der Waals surface area contributed by atoms with Gasteiger partial charge in [-0.3, -0.25) is 0 Å². The number of likely N-dealkylation sites (tertiary alicyclic amines) is 1. The van der Waals surface area contributed by atoms with Crippen molar-refractivity contribution >= 4 is 29.3 Å². The zero-order chi connectivity index (χ0) is 19.3. The van der Waals surface area contributed by atoms with Crippen LogP contribution in [0.5, 0.6) is 0 Å². The van der Waals surface area contributed by atoms with E-state index in [1.807, 2.05) is 32.9 Å². The Morgan fingerprint density at radius 1 is 1.38 bits per heavy atom. The lowest BCUT2D eigenvalue weighted by molar-refractivity contribution is 0.0234. The fourth-order valence-corrected chi connectivity index (χ4v) is 3.55. The normalized spacial score (nSPS) is 20.9. The van der Waals surface area contributed by atoms with E-state index in [2.05, 4.69) is 10.0 Å². The van der Waals surface area contributed by atoms with Crippen LogP contribution < -0.4 is 0 Å². The summed E-state index contributed by atoms with van der Waals surface area (Å²) in [4.78, 5) is 17.1. The van der Waals surface area contributed by atoms with Crippen molar-refractivity contribution in [2.24, 2.45) is 11.0 Å². The van der Waals surface area contributed by atoms with Crippen molar-refractivity contribution < 1.29 is 9.53 Å². The number of nitrogens with zero attached hydrogens (tertiary/aromatic N) is 4. The average molecular weight is 399 g/mol. The molecule has 0 bridgehead atoms. The molecule has 0 saturated carbocycles. The first-order valence-corrected chi connectivity index (χ1v) is 9.40. The maximum Gasteiger partial charge on any atom is 0.410 e. The van der Waals surface area contributed by atoms with Crippen LogP contribution in [0.3, 0.4) is 0 Å². The van der Waals surface area contributed by atoms with Crippen LogP contribution in [-0.2, 0) is 4.74 Å². The average Bonchev–Trinajstić information content (AvgIpc) is 2.76. The van der Waals surface area contributed by atoms with Gasteiger partial charge in [0.1, 0.15) is 5.60 Å². The van der Waals surface area contributed by atoms with Crippen molar-refractivity contribution in [3.05, 3.63) is 44.3 Å². The molecule has 1 aromatic rings. The summed E-state index contributed by atoms with van der Waals surface area (Å²) in [5.41, 5.74) is 9.24. The Balaban J connectivity index is 2.25. The van der Waals surface area contributed by atoms with Gasteiger partial charge >= 0.3 is 6.09 Å². The molecule has 1 heterocycles. The molecule has 6 nitrogen and oxygen atoms in total. The van der Waals surface area contributed by atoms with E-state index in [-0.39, 0.29) is 17.9 Å². The first-order chi connectivity index (χ1) is 12.2. The van der Waals surface area contributed by atoms with E-state index in [0.717, 1.165) is 18.4 Å². The number of azide groups is 1. The number of rotatable bonds is 3. The fourth-order valence-electron chi connectivity index (χ4n) is 3.24. The maximum absolute atomic E-state index is 12.5. The molecule has 1 aliphatic heterocycles. The summed E-state index contributed by atoms with van der Waals surface area (Å²) in [6, 6.07) is 5.59. The van der Waals surface area contributed by atoms with Gasteiger partial charge in [0.25, 0.3) is 0 Å². The highest BCUT2D eigenvalue weighted by molar-refractivity contribution is 6.42. The molecule has 2 rings (SSSR count). The molecular weight excluding hydrogens is 375 g/mol. The molecule has 2 atom stereocenters. The highest BCUT2D eigenvalue weighted by Crippen LogP contribution is 2.36. The molecule has 1 aromatic carbocycles. The lowest BCUT2D eigenvalue weighted by Gasteiger charge is -2.30. The van der Waals surface area contributed by atoms with Crippen LogP contribution in [0, 0.1) is 5.92 Å². The number of hydrogen-bond acceptors (Lipinski definition) is 3. The SMILES string of the molecule is CC(C)(C)OC(=O)N1CCCC(c2ccc(Cl)c(Cl)c2)C(CN=[N+]=[N-])C1. The number of halogens is 2. The zero-order valence-corrected chi connectivity index (χ0v) is 16.8. The van der Waals surface area contributed by atoms with Crippen LogP contribution in [-0.4, -0.2) is 36.2 Å². The quantitative estimate of drug-likeness (QED) is 0.353. The molecule has 0 N–H and O–H groups in total. The minimum atomic E-state index is -0.549.